The second-order valence-corrected chi connectivity index (χ2v) is 10.9. The van der Waals surface area contributed by atoms with Crippen LogP contribution < -0.4 is 5.32 Å². The quantitative estimate of drug-likeness (QED) is 0.672. The summed E-state index contributed by atoms with van der Waals surface area (Å²) in [7, 11) is -3.40. The van der Waals surface area contributed by atoms with Crippen molar-refractivity contribution in [1.82, 2.24) is 14.2 Å². The lowest BCUT2D eigenvalue weighted by Gasteiger charge is -2.39. The first-order valence-corrected chi connectivity index (χ1v) is 12.4. The molecule has 1 saturated carbocycles. The first kappa shape index (κ1) is 20.7. The van der Waals surface area contributed by atoms with Gasteiger partial charge in [-0.3, -0.25) is 9.59 Å². The van der Waals surface area contributed by atoms with Crippen molar-refractivity contribution in [2.24, 2.45) is 5.92 Å². The number of carbonyl (C=O) groups excluding carboxylic acids is 2. The van der Waals surface area contributed by atoms with Crippen LogP contribution in [0.25, 0.3) is 0 Å². The number of ether oxygens (including phenoxy) is 1. The number of aromatic nitrogens is 1. The predicted molar refractivity (Wildman–Crippen MR) is 108 cm³/mol. The highest BCUT2D eigenvalue weighted by atomic mass is 32.2. The molecule has 1 aromatic heterocycles. The molecule has 4 rings (SSSR count). The summed E-state index contributed by atoms with van der Waals surface area (Å²) in [5.74, 6) is -0.411. The molecule has 9 nitrogen and oxygen atoms in total. The number of piperazine rings is 1. The van der Waals surface area contributed by atoms with Crippen LogP contribution in [0.1, 0.15) is 32.1 Å². The molecule has 2 aliphatic heterocycles. The zero-order chi connectivity index (χ0) is 20.4. The molecule has 160 valence electrons. The zero-order valence-electron chi connectivity index (χ0n) is 16.2. The van der Waals surface area contributed by atoms with E-state index in [1.165, 1.54) is 20.5 Å². The summed E-state index contributed by atoms with van der Waals surface area (Å²) in [5, 5.41) is 4.72. The normalized spacial score (nSPS) is 25.0. The summed E-state index contributed by atoms with van der Waals surface area (Å²) in [6.45, 7) is 1.55. The monoisotopic (exact) mass is 442 g/mol. The van der Waals surface area contributed by atoms with Gasteiger partial charge in [0.05, 0.1) is 11.8 Å². The Balaban J connectivity index is 1.47. The van der Waals surface area contributed by atoms with E-state index in [2.05, 4.69) is 10.3 Å². The summed E-state index contributed by atoms with van der Waals surface area (Å²) in [6.07, 6.45) is 5.32. The molecule has 0 bridgehead atoms. The lowest BCUT2D eigenvalue weighted by atomic mass is 9.93. The SMILES string of the molecule is O=C(Nc1nccs1)[C@@H](CC1CCCOC1)N1CCN(S(=O)(=O)C2CC2)CC1=O. The Kier molecular flexibility index (Phi) is 6.19. The Morgan fingerprint density at radius 2 is 2.17 bits per heavy atom. The molecule has 3 heterocycles. The average Bonchev–Trinajstić information content (AvgIpc) is 3.46. The molecule has 3 fully saturated rings. The summed E-state index contributed by atoms with van der Waals surface area (Å²) in [6, 6.07) is -0.663. The standard InChI is InChI=1S/C18H26N4O5S2/c23-16-11-21(29(25,26)14-3-4-14)6-7-22(16)15(10-13-2-1-8-27-12-13)17(24)20-18-19-5-9-28-18/h5,9,13-15H,1-4,6-8,10-12H2,(H,19,20,24)/t13?,15-/m1/s1. The number of hydrogen-bond donors (Lipinski definition) is 1. The van der Waals surface area contributed by atoms with Crippen LogP contribution in [0.2, 0.25) is 0 Å². The van der Waals surface area contributed by atoms with Gasteiger partial charge in [-0.15, -0.1) is 11.3 Å². The molecule has 0 spiro atoms. The van der Waals surface area contributed by atoms with Crippen LogP contribution in [0, 0.1) is 5.92 Å². The zero-order valence-corrected chi connectivity index (χ0v) is 17.8. The molecular formula is C18H26N4O5S2. The number of sulfonamides is 1. The Hall–Kier alpha value is -1.56. The van der Waals surface area contributed by atoms with E-state index in [0.29, 0.717) is 31.0 Å². The van der Waals surface area contributed by atoms with Crippen LogP contribution in [-0.4, -0.2) is 78.6 Å². The van der Waals surface area contributed by atoms with E-state index >= 15 is 0 Å². The van der Waals surface area contributed by atoms with Crippen LogP contribution in [0.15, 0.2) is 11.6 Å². The minimum Gasteiger partial charge on any atom is -0.381 e. The molecule has 0 radical (unpaired) electrons. The van der Waals surface area contributed by atoms with Gasteiger partial charge in [-0.2, -0.15) is 4.31 Å². The topological polar surface area (TPSA) is 109 Å². The fourth-order valence-corrected chi connectivity index (χ4v) is 6.26. The van der Waals surface area contributed by atoms with Gasteiger partial charge in [0.1, 0.15) is 6.04 Å². The number of carbonyl (C=O) groups is 2. The summed E-state index contributed by atoms with van der Waals surface area (Å²) in [4.78, 5) is 31.5. The minimum absolute atomic E-state index is 0.192. The number of thiazole rings is 1. The van der Waals surface area contributed by atoms with Crippen molar-refractivity contribution in [2.75, 3.05) is 38.2 Å². The maximum atomic E-state index is 13.0. The molecule has 29 heavy (non-hydrogen) atoms. The highest BCUT2D eigenvalue weighted by Gasteiger charge is 2.44. The van der Waals surface area contributed by atoms with Gasteiger partial charge >= 0.3 is 0 Å². The number of anilines is 1. The first-order chi connectivity index (χ1) is 13.9. The van der Waals surface area contributed by atoms with Crippen molar-refractivity contribution < 1.29 is 22.7 Å². The van der Waals surface area contributed by atoms with E-state index in [1.807, 2.05) is 0 Å². The number of rotatable bonds is 7. The Morgan fingerprint density at radius 3 is 2.79 bits per heavy atom. The second-order valence-electron chi connectivity index (χ2n) is 7.83. The maximum absolute atomic E-state index is 13.0. The van der Waals surface area contributed by atoms with Gasteiger partial charge < -0.3 is 15.0 Å². The van der Waals surface area contributed by atoms with E-state index in [9.17, 15) is 18.0 Å². The molecule has 2 saturated heterocycles. The predicted octanol–water partition coefficient (Wildman–Crippen LogP) is 0.903. The van der Waals surface area contributed by atoms with Gasteiger partial charge in [0.25, 0.3) is 0 Å². The second kappa shape index (κ2) is 8.66. The number of nitrogens with zero attached hydrogens (tertiary/aromatic N) is 3. The van der Waals surface area contributed by atoms with Crippen molar-refractivity contribution in [3.05, 3.63) is 11.6 Å². The summed E-state index contributed by atoms with van der Waals surface area (Å²) >= 11 is 1.32. The number of nitrogens with one attached hydrogen (secondary N) is 1. The van der Waals surface area contributed by atoms with Crippen molar-refractivity contribution in [2.45, 2.75) is 43.4 Å². The lowest BCUT2D eigenvalue weighted by Crippen LogP contribution is -2.58. The summed E-state index contributed by atoms with van der Waals surface area (Å²) < 4.78 is 31.8. The van der Waals surface area contributed by atoms with Crippen molar-refractivity contribution >= 4 is 38.3 Å². The van der Waals surface area contributed by atoms with E-state index in [1.54, 1.807) is 11.6 Å². The van der Waals surface area contributed by atoms with Crippen molar-refractivity contribution in [3.63, 3.8) is 0 Å². The van der Waals surface area contributed by atoms with Gasteiger partial charge in [0.2, 0.25) is 21.8 Å². The average molecular weight is 443 g/mol. The Morgan fingerprint density at radius 1 is 1.34 bits per heavy atom. The van der Waals surface area contributed by atoms with Gasteiger partial charge in [-0.25, -0.2) is 13.4 Å². The Labute approximate surface area is 174 Å². The third-order valence-electron chi connectivity index (χ3n) is 5.68. The molecule has 1 unspecified atom stereocenters. The van der Waals surface area contributed by atoms with Gasteiger partial charge in [-0.05, 0) is 38.0 Å². The van der Waals surface area contributed by atoms with E-state index in [-0.39, 0.29) is 42.6 Å². The minimum atomic E-state index is -3.40. The highest BCUT2D eigenvalue weighted by Crippen LogP contribution is 2.32. The molecule has 2 atom stereocenters. The molecule has 0 aromatic carbocycles. The van der Waals surface area contributed by atoms with E-state index in [0.717, 1.165) is 19.4 Å². The van der Waals surface area contributed by atoms with Crippen LogP contribution in [0.5, 0.6) is 0 Å². The van der Waals surface area contributed by atoms with Crippen molar-refractivity contribution in [3.8, 4) is 0 Å². The van der Waals surface area contributed by atoms with Crippen LogP contribution in [0.3, 0.4) is 0 Å². The lowest BCUT2D eigenvalue weighted by molar-refractivity contribution is -0.142. The highest BCUT2D eigenvalue weighted by molar-refractivity contribution is 7.90. The Bertz CT molecular complexity index is 834. The first-order valence-electron chi connectivity index (χ1n) is 10.0. The molecule has 1 aromatic rings. The molecule has 11 heteroatoms. The number of amides is 2. The van der Waals surface area contributed by atoms with E-state index in [4.69, 9.17) is 4.74 Å². The largest absolute Gasteiger partial charge is 0.381 e. The fourth-order valence-electron chi connectivity index (χ4n) is 3.95. The van der Waals surface area contributed by atoms with Crippen LogP contribution in [0.4, 0.5) is 5.13 Å². The third-order valence-corrected chi connectivity index (χ3v) is 8.71. The molecule has 2 amide bonds. The molecule has 3 aliphatic rings. The molecule has 1 N–H and O–H groups in total. The van der Waals surface area contributed by atoms with Gasteiger partial charge in [-0.1, -0.05) is 0 Å². The van der Waals surface area contributed by atoms with E-state index < -0.39 is 16.1 Å². The van der Waals surface area contributed by atoms with Gasteiger partial charge in [0, 0.05) is 37.9 Å². The third kappa shape index (κ3) is 4.79. The number of hydrogen-bond acceptors (Lipinski definition) is 7. The fraction of sp³-hybridized carbons (Fsp3) is 0.722. The summed E-state index contributed by atoms with van der Waals surface area (Å²) in [5.41, 5.74) is 0. The van der Waals surface area contributed by atoms with Crippen LogP contribution >= 0.6 is 11.3 Å². The van der Waals surface area contributed by atoms with Crippen LogP contribution in [-0.2, 0) is 24.3 Å². The van der Waals surface area contributed by atoms with Gasteiger partial charge in [0.15, 0.2) is 5.13 Å². The maximum Gasteiger partial charge on any atom is 0.248 e. The smallest absolute Gasteiger partial charge is 0.248 e. The molecular weight excluding hydrogens is 416 g/mol. The molecule has 1 aliphatic carbocycles. The van der Waals surface area contributed by atoms with Crippen molar-refractivity contribution in [1.29, 1.82) is 0 Å².